The van der Waals surface area contributed by atoms with Crippen molar-refractivity contribution in [2.75, 3.05) is 5.32 Å². The number of carbonyl (C=O) groups is 1. The second-order valence-electron chi connectivity index (χ2n) is 4.91. The second kappa shape index (κ2) is 5.97. The summed E-state index contributed by atoms with van der Waals surface area (Å²) >= 11 is 1.75. The fourth-order valence-electron chi connectivity index (χ4n) is 2.39. The SMILES string of the molecule is NC(=O)Cc1ccccc1NCc1csc2ccccc12. The zero-order valence-corrected chi connectivity index (χ0v) is 12.3. The summed E-state index contributed by atoms with van der Waals surface area (Å²) in [5.41, 5.74) is 8.46. The normalized spacial score (nSPS) is 10.7. The van der Waals surface area contributed by atoms with Crippen LogP contribution in [0.2, 0.25) is 0 Å². The number of anilines is 1. The van der Waals surface area contributed by atoms with Crippen molar-refractivity contribution >= 4 is 33.0 Å². The Labute approximate surface area is 127 Å². The summed E-state index contributed by atoms with van der Waals surface area (Å²) in [5.74, 6) is -0.315. The van der Waals surface area contributed by atoms with E-state index in [-0.39, 0.29) is 12.3 Å². The van der Waals surface area contributed by atoms with Crippen LogP contribution in [0.15, 0.2) is 53.9 Å². The van der Waals surface area contributed by atoms with Crippen LogP contribution in [-0.4, -0.2) is 5.91 Å². The third-order valence-electron chi connectivity index (χ3n) is 3.41. The molecule has 0 atom stereocenters. The van der Waals surface area contributed by atoms with E-state index in [1.807, 2.05) is 24.3 Å². The van der Waals surface area contributed by atoms with Crippen LogP contribution in [0.4, 0.5) is 5.69 Å². The van der Waals surface area contributed by atoms with Crippen LogP contribution < -0.4 is 11.1 Å². The molecule has 3 N–H and O–H groups in total. The Morgan fingerprint density at radius 1 is 1.05 bits per heavy atom. The minimum absolute atomic E-state index is 0.257. The number of benzene rings is 2. The maximum atomic E-state index is 11.1. The highest BCUT2D eigenvalue weighted by Gasteiger charge is 2.07. The maximum Gasteiger partial charge on any atom is 0.221 e. The number of hydrogen-bond donors (Lipinski definition) is 2. The van der Waals surface area contributed by atoms with Crippen LogP contribution in [0, 0.1) is 0 Å². The van der Waals surface area contributed by atoms with Crippen LogP contribution in [0.5, 0.6) is 0 Å². The molecule has 0 aliphatic heterocycles. The fraction of sp³-hybridized carbons (Fsp3) is 0.118. The number of para-hydroxylation sites is 1. The molecule has 4 heteroatoms. The number of nitrogens with two attached hydrogens (primary N) is 1. The van der Waals surface area contributed by atoms with Crippen molar-refractivity contribution in [1.29, 1.82) is 0 Å². The van der Waals surface area contributed by atoms with Crippen LogP contribution in [-0.2, 0) is 17.8 Å². The first-order valence-electron chi connectivity index (χ1n) is 6.79. The third-order valence-corrected chi connectivity index (χ3v) is 4.42. The molecule has 2 aromatic carbocycles. The monoisotopic (exact) mass is 296 g/mol. The number of fused-ring (bicyclic) bond motifs is 1. The number of carbonyl (C=O) groups excluding carboxylic acids is 1. The zero-order chi connectivity index (χ0) is 14.7. The van der Waals surface area contributed by atoms with Crippen LogP contribution in [0.3, 0.4) is 0 Å². The second-order valence-corrected chi connectivity index (χ2v) is 5.82. The molecule has 0 unspecified atom stereocenters. The summed E-state index contributed by atoms with van der Waals surface area (Å²) in [6, 6.07) is 16.2. The van der Waals surface area contributed by atoms with Crippen LogP contribution in [0.25, 0.3) is 10.1 Å². The fourth-order valence-corrected chi connectivity index (χ4v) is 3.36. The van der Waals surface area contributed by atoms with Gasteiger partial charge in [-0.15, -0.1) is 11.3 Å². The Hall–Kier alpha value is -2.33. The zero-order valence-electron chi connectivity index (χ0n) is 11.5. The first kappa shape index (κ1) is 13.6. The summed E-state index contributed by atoms with van der Waals surface area (Å²) in [4.78, 5) is 11.1. The van der Waals surface area contributed by atoms with Gasteiger partial charge in [-0.3, -0.25) is 4.79 Å². The van der Waals surface area contributed by atoms with E-state index >= 15 is 0 Å². The summed E-state index contributed by atoms with van der Waals surface area (Å²) < 4.78 is 1.29. The lowest BCUT2D eigenvalue weighted by atomic mass is 10.1. The number of primary amides is 1. The van der Waals surface area contributed by atoms with E-state index in [0.717, 1.165) is 17.8 Å². The van der Waals surface area contributed by atoms with Crippen LogP contribution in [0.1, 0.15) is 11.1 Å². The highest BCUT2D eigenvalue weighted by atomic mass is 32.1. The lowest BCUT2D eigenvalue weighted by Gasteiger charge is -2.10. The Bertz CT molecular complexity index is 779. The van der Waals surface area contributed by atoms with Gasteiger partial charge in [-0.05, 0) is 34.0 Å². The van der Waals surface area contributed by atoms with Gasteiger partial charge in [0.25, 0.3) is 0 Å². The molecule has 1 aromatic heterocycles. The topological polar surface area (TPSA) is 55.1 Å². The van der Waals surface area contributed by atoms with Gasteiger partial charge in [-0.2, -0.15) is 0 Å². The molecule has 1 heterocycles. The van der Waals surface area contributed by atoms with Gasteiger partial charge >= 0.3 is 0 Å². The summed E-state index contributed by atoms with van der Waals surface area (Å²) in [6.45, 7) is 0.736. The van der Waals surface area contributed by atoms with E-state index in [4.69, 9.17) is 5.73 Å². The molecule has 0 aliphatic rings. The number of thiophene rings is 1. The van der Waals surface area contributed by atoms with Gasteiger partial charge in [0, 0.05) is 16.9 Å². The van der Waals surface area contributed by atoms with E-state index in [1.165, 1.54) is 15.6 Å². The van der Waals surface area contributed by atoms with Crippen molar-refractivity contribution in [3.05, 3.63) is 65.0 Å². The van der Waals surface area contributed by atoms with Gasteiger partial charge in [-0.25, -0.2) is 0 Å². The van der Waals surface area contributed by atoms with E-state index < -0.39 is 0 Å². The molecule has 1 amide bonds. The first-order valence-corrected chi connectivity index (χ1v) is 7.67. The predicted octanol–water partition coefficient (Wildman–Crippen LogP) is 3.54. The average Bonchev–Trinajstić information content (AvgIpc) is 2.89. The van der Waals surface area contributed by atoms with Crippen molar-refractivity contribution < 1.29 is 4.79 Å². The Kier molecular flexibility index (Phi) is 3.88. The molecule has 0 saturated heterocycles. The Balaban J connectivity index is 1.80. The molecule has 0 spiro atoms. The van der Waals surface area contributed by atoms with E-state index in [0.29, 0.717) is 0 Å². The molecular weight excluding hydrogens is 280 g/mol. The van der Waals surface area contributed by atoms with Crippen molar-refractivity contribution in [3.8, 4) is 0 Å². The molecule has 0 bridgehead atoms. The number of rotatable bonds is 5. The molecule has 0 radical (unpaired) electrons. The van der Waals surface area contributed by atoms with Crippen molar-refractivity contribution in [1.82, 2.24) is 0 Å². The number of nitrogens with one attached hydrogen (secondary N) is 1. The van der Waals surface area contributed by atoms with Gasteiger partial charge in [-0.1, -0.05) is 36.4 Å². The molecule has 0 fully saturated rings. The molecule has 3 aromatic rings. The minimum Gasteiger partial charge on any atom is -0.381 e. The van der Waals surface area contributed by atoms with Crippen molar-refractivity contribution in [2.24, 2.45) is 5.73 Å². The highest BCUT2D eigenvalue weighted by Crippen LogP contribution is 2.26. The molecule has 0 aliphatic carbocycles. The summed E-state index contributed by atoms with van der Waals surface area (Å²) in [5, 5.41) is 6.87. The predicted molar refractivity (Wildman–Crippen MR) is 88.5 cm³/mol. The molecule has 3 rings (SSSR count). The lowest BCUT2D eigenvalue weighted by molar-refractivity contribution is -0.117. The standard InChI is InChI=1S/C17H16N2OS/c18-17(20)9-12-5-1-3-7-15(12)19-10-13-11-21-16-8-4-2-6-14(13)16/h1-8,11,19H,9-10H2,(H2,18,20). The van der Waals surface area contributed by atoms with Gasteiger partial charge in [0.2, 0.25) is 5.91 Å². The quantitative estimate of drug-likeness (QED) is 0.756. The first-order chi connectivity index (χ1) is 10.2. The molecule has 3 nitrogen and oxygen atoms in total. The highest BCUT2D eigenvalue weighted by molar-refractivity contribution is 7.17. The number of hydrogen-bond acceptors (Lipinski definition) is 3. The average molecular weight is 296 g/mol. The largest absolute Gasteiger partial charge is 0.381 e. The smallest absolute Gasteiger partial charge is 0.221 e. The maximum absolute atomic E-state index is 11.1. The van der Waals surface area contributed by atoms with E-state index in [9.17, 15) is 4.79 Å². The molecule has 106 valence electrons. The van der Waals surface area contributed by atoms with E-state index in [2.05, 4.69) is 35.0 Å². The molecule has 21 heavy (non-hydrogen) atoms. The lowest BCUT2D eigenvalue weighted by Crippen LogP contribution is -2.15. The molecule has 0 saturated carbocycles. The van der Waals surface area contributed by atoms with Gasteiger partial charge in [0.15, 0.2) is 0 Å². The summed E-state index contributed by atoms with van der Waals surface area (Å²) in [7, 11) is 0. The minimum atomic E-state index is -0.315. The number of amides is 1. The van der Waals surface area contributed by atoms with E-state index in [1.54, 1.807) is 11.3 Å². The van der Waals surface area contributed by atoms with Crippen LogP contribution >= 0.6 is 11.3 Å². The third kappa shape index (κ3) is 3.06. The van der Waals surface area contributed by atoms with Gasteiger partial charge in [0.05, 0.1) is 6.42 Å². The van der Waals surface area contributed by atoms with Gasteiger partial charge < -0.3 is 11.1 Å². The van der Waals surface area contributed by atoms with Gasteiger partial charge in [0.1, 0.15) is 0 Å². The van der Waals surface area contributed by atoms with Crippen molar-refractivity contribution in [2.45, 2.75) is 13.0 Å². The molecular formula is C17H16N2OS. The van der Waals surface area contributed by atoms with Crippen molar-refractivity contribution in [3.63, 3.8) is 0 Å². The Morgan fingerprint density at radius 2 is 1.81 bits per heavy atom. The Morgan fingerprint density at radius 3 is 2.67 bits per heavy atom. The summed E-state index contributed by atoms with van der Waals surface area (Å²) in [6.07, 6.45) is 0.257.